The normalized spacial score (nSPS) is 11.5. The van der Waals surface area contributed by atoms with Gasteiger partial charge in [-0.05, 0) is 20.8 Å². The van der Waals surface area contributed by atoms with Crippen LogP contribution in [0.2, 0.25) is 0 Å². The molecule has 0 bridgehead atoms. The van der Waals surface area contributed by atoms with E-state index in [-0.39, 0.29) is 17.9 Å². The van der Waals surface area contributed by atoms with Crippen molar-refractivity contribution in [2.75, 3.05) is 12.4 Å². The summed E-state index contributed by atoms with van der Waals surface area (Å²) in [6.07, 6.45) is -0.410. The largest absolute Gasteiger partial charge is 0.461 e. The molecule has 0 aliphatic carbocycles. The second kappa shape index (κ2) is 5.87. The Morgan fingerprint density at radius 2 is 1.93 bits per heavy atom. The molecule has 0 atom stereocenters. The van der Waals surface area contributed by atoms with Gasteiger partial charge in [-0.2, -0.15) is 8.42 Å². The van der Waals surface area contributed by atoms with Crippen molar-refractivity contribution >= 4 is 16.1 Å². The summed E-state index contributed by atoms with van der Waals surface area (Å²) in [6.45, 7) is 7.85. The van der Waals surface area contributed by atoms with Crippen LogP contribution < -0.4 is 0 Å². The molecule has 6 heteroatoms. The first kappa shape index (κ1) is 14.1. The Labute approximate surface area is 90.2 Å². The van der Waals surface area contributed by atoms with Gasteiger partial charge in [-0.25, -0.2) is 4.79 Å². The average Bonchev–Trinajstić information content (AvgIpc) is 2.00. The molecule has 0 amide bonds. The van der Waals surface area contributed by atoms with Crippen LogP contribution in [0.3, 0.4) is 0 Å². The van der Waals surface area contributed by atoms with E-state index in [2.05, 4.69) is 15.5 Å². The van der Waals surface area contributed by atoms with Crippen molar-refractivity contribution in [2.24, 2.45) is 0 Å². The predicted octanol–water partition coefficient (Wildman–Crippen LogP) is 0.861. The van der Waals surface area contributed by atoms with E-state index in [4.69, 9.17) is 0 Å². The van der Waals surface area contributed by atoms with E-state index in [9.17, 15) is 13.2 Å². The molecular formula is C9H16O5S. The van der Waals surface area contributed by atoms with Gasteiger partial charge in [0.15, 0.2) is 0 Å². The van der Waals surface area contributed by atoms with Gasteiger partial charge >= 0.3 is 5.97 Å². The number of hydrogen-bond donors (Lipinski definition) is 0. The molecule has 88 valence electrons. The van der Waals surface area contributed by atoms with E-state index in [0.717, 1.165) is 0 Å². The fraction of sp³-hybridized carbons (Fsp3) is 0.667. The molecule has 0 aromatic heterocycles. The number of hydrogen-bond acceptors (Lipinski definition) is 5. The summed E-state index contributed by atoms with van der Waals surface area (Å²) in [5.74, 6) is -0.945. The van der Waals surface area contributed by atoms with E-state index in [0.29, 0.717) is 0 Å². The molecule has 0 N–H and O–H groups in total. The van der Waals surface area contributed by atoms with E-state index < -0.39 is 22.2 Å². The van der Waals surface area contributed by atoms with Gasteiger partial charge in [0.1, 0.15) is 12.4 Å². The molecule has 0 rings (SSSR count). The Morgan fingerprint density at radius 3 is 2.33 bits per heavy atom. The second-order valence-corrected chi connectivity index (χ2v) is 5.04. The van der Waals surface area contributed by atoms with Crippen molar-refractivity contribution in [3.8, 4) is 0 Å². The van der Waals surface area contributed by atoms with E-state index in [1.54, 1.807) is 13.8 Å². The minimum absolute atomic E-state index is 0.221. The molecule has 0 fully saturated rings. The van der Waals surface area contributed by atoms with Gasteiger partial charge in [0.05, 0.1) is 6.10 Å². The Balaban J connectivity index is 3.96. The van der Waals surface area contributed by atoms with E-state index >= 15 is 0 Å². The Morgan fingerprint density at radius 1 is 1.40 bits per heavy atom. The second-order valence-electron chi connectivity index (χ2n) is 3.32. The fourth-order valence-electron chi connectivity index (χ4n) is 0.701. The average molecular weight is 236 g/mol. The first-order valence-corrected chi connectivity index (χ1v) is 6.06. The lowest BCUT2D eigenvalue weighted by molar-refractivity contribution is -0.138. The molecule has 0 radical (unpaired) electrons. The van der Waals surface area contributed by atoms with Crippen LogP contribution >= 0.6 is 0 Å². The highest BCUT2D eigenvalue weighted by Crippen LogP contribution is 2.00. The summed E-state index contributed by atoms with van der Waals surface area (Å²) >= 11 is 0. The van der Waals surface area contributed by atoms with E-state index in [1.807, 2.05) is 0 Å². The first-order valence-electron chi connectivity index (χ1n) is 4.48. The number of rotatable bonds is 6. The van der Waals surface area contributed by atoms with Crippen LogP contribution in [-0.2, 0) is 23.8 Å². The lowest BCUT2D eigenvalue weighted by Gasteiger charge is -2.08. The highest BCUT2D eigenvalue weighted by Gasteiger charge is 2.14. The van der Waals surface area contributed by atoms with Gasteiger partial charge in [-0.3, -0.25) is 4.18 Å². The quantitative estimate of drug-likeness (QED) is 0.388. The van der Waals surface area contributed by atoms with Gasteiger partial charge in [-0.15, -0.1) is 0 Å². The van der Waals surface area contributed by atoms with Crippen LogP contribution in [0, 0.1) is 0 Å². The molecule has 0 aromatic carbocycles. The molecule has 0 aromatic rings. The molecule has 0 saturated heterocycles. The molecule has 5 nitrogen and oxygen atoms in total. The van der Waals surface area contributed by atoms with Crippen molar-refractivity contribution in [1.29, 1.82) is 0 Å². The summed E-state index contributed by atoms with van der Waals surface area (Å²) in [6, 6.07) is 0. The van der Waals surface area contributed by atoms with Crippen molar-refractivity contribution < 1.29 is 22.1 Å². The molecule has 0 unspecified atom stereocenters. The number of carbonyl (C=O) groups is 1. The van der Waals surface area contributed by atoms with Gasteiger partial charge in [-0.1, -0.05) is 6.58 Å². The van der Waals surface area contributed by atoms with Crippen molar-refractivity contribution in [1.82, 2.24) is 0 Å². The molecule has 15 heavy (non-hydrogen) atoms. The third-order valence-electron chi connectivity index (χ3n) is 1.25. The lowest BCUT2D eigenvalue weighted by atomic mass is 10.4. The third-order valence-corrected chi connectivity index (χ3v) is 2.60. The predicted molar refractivity (Wildman–Crippen MR) is 55.8 cm³/mol. The van der Waals surface area contributed by atoms with Crippen LogP contribution in [-0.4, -0.2) is 32.9 Å². The third kappa shape index (κ3) is 7.10. The van der Waals surface area contributed by atoms with Crippen LogP contribution in [0.15, 0.2) is 12.2 Å². The lowest BCUT2D eigenvalue weighted by Crippen LogP contribution is -2.20. The van der Waals surface area contributed by atoms with Crippen LogP contribution in [0.5, 0.6) is 0 Å². The zero-order valence-corrected chi connectivity index (χ0v) is 9.96. The molecule has 0 heterocycles. The molecular weight excluding hydrogens is 220 g/mol. The van der Waals surface area contributed by atoms with Crippen LogP contribution in [0.25, 0.3) is 0 Å². The molecule has 0 spiro atoms. The van der Waals surface area contributed by atoms with Crippen molar-refractivity contribution in [3.05, 3.63) is 12.2 Å². The smallest absolute Gasteiger partial charge is 0.333 e. The maximum Gasteiger partial charge on any atom is 0.333 e. The minimum Gasteiger partial charge on any atom is -0.461 e. The summed E-state index contributed by atoms with van der Waals surface area (Å²) in [5.41, 5.74) is 0.233. The highest BCUT2D eigenvalue weighted by molar-refractivity contribution is 7.86. The summed E-state index contributed by atoms with van der Waals surface area (Å²) in [4.78, 5) is 10.9. The monoisotopic (exact) mass is 236 g/mol. The topological polar surface area (TPSA) is 69.7 Å². The first-order chi connectivity index (χ1) is 6.74. The van der Waals surface area contributed by atoms with Gasteiger partial charge in [0, 0.05) is 5.57 Å². The number of esters is 1. The Kier molecular flexibility index (Phi) is 5.53. The van der Waals surface area contributed by atoms with E-state index in [1.165, 1.54) is 6.92 Å². The van der Waals surface area contributed by atoms with Crippen LogP contribution in [0.4, 0.5) is 0 Å². The Hall–Kier alpha value is -0.880. The van der Waals surface area contributed by atoms with Crippen LogP contribution in [0.1, 0.15) is 20.8 Å². The number of carbonyl (C=O) groups excluding carboxylic acids is 1. The number of ether oxygens (including phenoxy) is 1. The van der Waals surface area contributed by atoms with Gasteiger partial charge in [0.2, 0.25) is 0 Å². The molecule has 0 saturated carbocycles. The Bertz CT molecular complexity index is 328. The van der Waals surface area contributed by atoms with Crippen molar-refractivity contribution in [3.63, 3.8) is 0 Å². The summed E-state index contributed by atoms with van der Waals surface area (Å²) < 4.78 is 31.6. The fourth-order valence-corrected chi connectivity index (χ4v) is 1.67. The summed E-state index contributed by atoms with van der Waals surface area (Å²) in [5, 5.41) is 0. The van der Waals surface area contributed by atoms with Gasteiger partial charge in [0.25, 0.3) is 10.1 Å². The zero-order valence-electron chi connectivity index (χ0n) is 9.15. The summed E-state index contributed by atoms with van der Waals surface area (Å²) in [7, 11) is -3.61. The maximum absolute atomic E-state index is 11.2. The maximum atomic E-state index is 11.2. The molecule has 0 aliphatic heterocycles. The standard InChI is InChI=1S/C9H16O5S/c1-7(2)9(10)13-5-6-15(11,12)14-8(3)4/h8H,1,5-6H2,2-4H3. The molecule has 0 aliphatic rings. The van der Waals surface area contributed by atoms with Crippen molar-refractivity contribution in [2.45, 2.75) is 26.9 Å². The zero-order chi connectivity index (χ0) is 12.1. The highest BCUT2D eigenvalue weighted by atomic mass is 32.2. The SMILES string of the molecule is C=C(C)C(=O)OCCS(=O)(=O)OC(C)C. The minimum atomic E-state index is -3.61. The van der Waals surface area contributed by atoms with Gasteiger partial charge < -0.3 is 4.74 Å².